The number of amides is 1. The van der Waals surface area contributed by atoms with Crippen molar-refractivity contribution in [2.75, 3.05) is 7.05 Å². The lowest BCUT2D eigenvalue weighted by molar-refractivity contribution is -0.121. The Balaban J connectivity index is 2.37. The number of carbonyl (C=O) groups excluding carboxylic acids is 1. The predicted molar refractivity (Wildman–Crippen MR) is 69.7 cm³/mol. The van der Waals surface area contributed by atoms with Crippen LogP contribution in [0.25, 0.3) is 0 Å². The van der Waals surface area contributed by atoms with Crippen LogP contribution in [0.4, 0.5) is 0 Å². The molecule has 1 aromatic rings. The maximum atomic E-state index is 11.7. The van der Waals surface area contributed by atoms with Crippen LogP contribution in [-0.4, -0.2) is 13.0 Å². The Morgan fingerprint density at radius 2 is 1.88 bits per heavy atom. The van der Waals surface area contributed by atoms with Crippen molar-refractivity contribution in [1.29, 1.82) is 0 Å². The van der Waals surface area contributed by atoms with Gasteiger partial charge >= 0.3 is 0 Å². The number of allylic oxidation sites excluding steroid dienone is 4. The first-order valence-corrected chi connectivity index (χ1v) is 5.88. The van der Waals surface area contributed by atoms with E-state index in [4.69, 9.17) is 0 Å². The molecule has 0 unspecified atom stereocenters. The van der Waals surface area contributed by atoms with Gasteiger partial charge in [-0.1, -0.05) is 54.6 Å². The number of hydrogen-bond donors (Lipinski definition) is 1. The Morgan fingerprint density at radius 3 is 2.47 bits per heavy atom. The van der Waals surface area contributed by atoms with E-state index in [1.165, 1.54) is 0 Å². The van der Waals surface area contributed by atoms with E-state index < -0.39 is 0 Å². The minimum Gasteiger partial charge on any atom is -0.359 e. The summed E-state index contributed by atoms with van der Waals surface area (Å²) >= 11 is 0. The van der Waals surface area contributed by atoms with Crippen molar-refractivity contribution in [3.63, 3.8) is 0 Å². The van der Waals surface area contributed by atoms with Gasteiger partial charge in [0, 0.05) is 18.9 Å². The first kappa shape index (κ1) is 11.6. The van der Waals surface area contributed by atoms with Crippen LogP contribution in [-0.2, 0) is 10.2 Å². The second-order valence-electron chi connectivity index (χ2n) is 4.30. The van der Waals surface area contributed by atoms with Gasteiger partial charge in [0.15, 0.2) is 0 Å². The summed E-state index contributed by atoms with van der Waals surface area (Å²) in [5.74, 6) is 0.0602. The molecule has 0 saturated carbocycles. The van der Waals surface area contributed by atoms with Gasteiger partial charge in [0.1, 0.15) is 0 Å². The lowest BCUT2D eigenvalue weighted by Crippen LogP contribution is -2.31. The number of rotatable bonds is 3. The molecular weight excluding hydrogens is 210 g/mol. The molecule has 0 heterocycles. The fourth-order valence-electron chi connectivity index (χ4n) is 2.21. The molecule has 0 bridgehead atoms. The molecule has 0 spiro atoms. The molecule has 1 N–H and O–H groups in total. The summed E-state index contributed by atoms with van der Waals surface area (Å²) in [6.07, 6.45) is 9.92. The normalized spacial score (nSPS) is 16.8. The Bertz CT molecular complexity index is 433. The topological polar surface area (TPSA) is 29.1 Å². The quantitative estimate of drug-likeness (QED) is 0.790. The molecule has 1 aliphatic rings. The average Bonchev–Trinajstić information content (AvgIpc) is 2.40. The largest absolute Gasteiger partial charge is 0.359 e. The molecule has 0 fully saturated rings. The van der Waals surface area contributed by atoms with E-state index in [0.717, 1.165) is 12.0 Å². The van der Waals surface area contributed by atoms with Crippen molar-refractivity contribution in [2.24, 2.45) is 0 Å². The number of benzene rings is 1. The van der Waals surface area contributed by atoms with Crippen LogP contribution in [0.5, 0.6) is 0 Å². The predicted octanol–water partition coefficient (Wildman–Crippen LogP) is 2.58. The lowest BCUT2D eigenvalue weighted by Gasteiger charge is -2.29. The number of nitrogens with one attached hydrogen (secondary N) is 1. The zero-order valence-electron chi connectivity index (χ0n) is 10.0. The molecule has 1 aliphatic carbocycles. The van der Waals surface area contributed by atoms with E-state index in [1.54, 1.807) is 7.05 Å². The average molecular weight is 227 g/mol. The zero-order chi connectivity index (χ0) is 12.1. The third kappa shape index (κ3) is 2.47. The van der Waals surface area contributed by atoms with Gasteiger partial charge in [0.05, 0.1) is 0 Å². The van der Waals surface area contributed by atoms with Crippen molar-refractivity contribution >= 4 is 5.91 Å². The van der Waals surface area contributed by atoms with Crippen LogP contribution in [0.15, 0.2) is 54.6 Å². The van der Waals surface area contributed by atoms with Crippen LogP contribution < -0.4 is 5.32 Å². The highest BCUT2D eigenvalue weighted by atomic mass is 16.1. The van der Waals surface area contributed by atoms with Crippen LogP contribution >= 0.6 is 0 Å². The standard InChI is InChI=1S/C15H17NO/c1-16-14(17)12-15(10-6-3-7-11-15)13-8-4-2-5-9-13/h2,4-11H,3,12H2,1H3,(H,16,17). The van der Waals surface area contributed by atoms with E-state index in [2.05, 4.69) is 41.8 Å². The van der Waals surface area contributed by atoms with E-state index in [9.17, 15) is 4.79 Å². The Labute approximate surface area is 102 Å². The summed E-state index contributed by atoms with van der Waals surface area (Å²) in [6, 6.07) is 10.2. The highest BCUT2D eigenvalue weighted by molar-refractivity contribution is 5.78. The van der Waals surface area contributed by atoms with E-state index >= 15 is 0 Å². The fraction of sp³-hybridized carbons (Fsp3) is 0.267. The zero-order valence-corrected chi connectivity index (χ0v) is 10.0. The highest BCUT2D eigenvalue weighted by Gasteiger charge is 2.29. The molecule has 1 amide bonds. The SMILES string of the molecule is CNC(=O)CC1(c2ccccc2)C=CCC=C1. The first-order chi connectivity index (χ1) is 8.27. The summed E-state index contributed by atoms with van der Waals surface area (Å²) in [5, 5.41) is 2.70. The van der Waals surface area contributed by atoms with E-state index in [1.807, 2.05) is 18.2 Å². The van der Waals surface area contributed by atoms with Crippen LogP contribution in [0.2, 0.25) is 0 Å². The summed E-state index contributed by atoms with van der Waals surface area (Å²) in [6.45, 7) is 0. The molecule has 0 saturated heterocycles. The van der Waals surface area contributed by atoms with Crippen molar-refractivity contribution < 1.29 is 4.79 Å². The first-order valence-electron chi connectivity index (χ1n) is 5.88. The Kier molecular flexibility index (Phi) is 3.43. The monoisotopic (exact) mass is 227 g/mol. The van der Waals surface area contributed by atoms with Gasteiger partial charge < -0.3 is 5.32 Å². The summed E-state index contributed by atoms with van der Waals surface area (Å²) < 4.78 is 0. The van der Waals surface area contributed by atoms with Gasteiger partial charge in [-0.2, -0.15) is 0 Å². The summed E-state index contributed by atoms with van der Waals surface area (Å²) in [7, 11) is 1.68. The van der Waals surface area contributed by atoms with Gasteiger partial charge in [-0.3, -0.25) is 4.79 Å². The third-order valence-corrected chi connectivity index (χ3v) is 3.15. The minimum absolute atomic E-state index is 0.0602. The molecule has 17 heavy (non-hydrogen) atoms. The third-order valence-electron chi connectivity index (χ3n) is 3.15. The van der Waals surface area contributed by atoms with Gasteiger partial charge in [-0.25, -0.2) is 0 Å². The molecular formula is C15H17NO. The van der Waals surface area contributed by atoms with Gasteiger partial charge in [0.25, 0.3) is 0 Å². The number of carbonyl (C=O) groups is 1. The maximum Gasteiger partial charge on any atom is 0.221 e. The molecule has 0 radical (unpaired) electrons. The van der Waals surface area contributed by atoms with Gasteiger partial charge in [-0.15, -0.1) is 0 Å². The van der Waals surface area contributed by atoms with E-state index in [-0.39, 0.29) is 11.3 Å². The molecule has 2 rings (SSSR count). The molecule has 2 heteroatoms. The summed E-state index contributed by atoms with van der Waals surface area (Å²) in [5.41, 5.74) is 0.885. The minimum atomic E-state index is -0.278. The fourth-order valence-corrected chi connectivity index (χ4v) is 2.21. The Morgan fingerprint density at radius 1 is 1.24 bits per heavy atom. The lowest BCUT2D eigenvalue weighted by atomic mass is 9.75. The van der Waals surface area contributed by atoms with Crippen LogP contribution in [0.1, 0.15) is 18.4 Å². The summed E-state index contributed by atoms with van der Waals surface area (Å²) in [4.78, 5) is 11.7. The van der Waals surface area contributed by atoms with Crippen LogP contribution in [0, 0.1) is 0 Å². The van der Waals surface area contributed by atoms with Gasteiger partial charge in [-0.05, 0) is 12.0 Å². The number of hydrogen-bond acceptors (Lipinski definition) is 1. The maximum absolute atomic E-state index is 11.7. The van der Waals surface area contributed by atoms with Crippen molar-refractivity contribution in [3.05, 3.63) is 60.2 Å². The van der Waals surface area contributed by atoms with Crippen molar-refractivity contribution in [1.82, 2.24) is 5.32 Å². The smallest absolute Gasteiger partial charge is 0.221 e. The molecule has 0 atom stereocenters. The van der Waals surface area contributed by atoms with Gasteiger partial charge in [0.2, 0.25) is 5.91 Å². The van der Waals surface area contributed by atoms with E-state index in [0.29, 0.717) is 6.42 Å². The van der Waals surface area contributed by atoms with Crippen molar-refractivity contribution in [2.45, 2.75) is 18.3 Å². The highest BCUT2D eigenvalue weighted by Crippen LogP contribution is 2.33. The molecule has 88 valence electrons. The second-order valence-corrected chi connectivity index (χ2v) is 4.30. The van der Waals surface area contributed by atoms with Crippen LogP contribution in [0.3, 0.4) is 0 Å². The van der Waals surface area contributed by atoms with Crippen molar-refractivity contribution in [3.8, 4) is 0 Å². The molecule has 0 aromatic heterocycles. The Hall–Kier alpha value is -1.83. The molecule has 0 aliphatic heterocycles. The molecule has 1 aromatic carbocycles. The second kappa shape index (κ2) is 5.00. The molecule has 2 nitrogen and oxygen atoms in total.